The summed E-state index contributed by atoms with van der Waals surface area (Å²) in [5.74, 6) is 0. The Morgan fingerprint density at radius 2 is 1.50 bits per heavy atom. The maximum absolute atomic E-state index is 6.06. The van der Waals surface area contributed by atoms with Crippen LogP contribution in [0.15, 0.2) is 0 Å². The second kappa shape index (κ2) is 4.30. The predicted molar refractivity (Wildman–Crippen MR) is 69.4 cm³/mol. The molecule has 0 radical (unpaired) electrons. The van der Waals surface area contributed by atoms with Gasteiger partial charge < -0.3 is 5.73 Å². The number of hydrogen-bond acceptors (Lipinski definition) is 2. The molecular formula is C14H28N2. The van der Waals surface area contributed by atoms with Crippen molar-refractivity contribution in [2.75, 3.05) is 0 Å². The summed E-state index contributed by atoms with van der Waals surface area (Å²) in [7, 11) is 0. The fourth-order valence-corrected chi connectivity index (χ4v) is 3.87. The van der Waals surface area contributed by atoms with Crippen molar-refractivity contribution in [1.82, 2.24) is 4.90 Å². The zero-order valence-electron chi connectivity index (χ0n) is 11.4. The van der Waals surface area contributed by atoms with Crippen molar-refractivity contribution >= 4 is 0 Å². The Labute approximate surface area is 101 Å². The van der Waals surface area contributed by atoms with Gasteiger partial charge in [0.05, 0.1) is 0 Å². The van der Waals surface area contributed by atoms with E-state index in [9.17, 15) is 0 Å². The highest BCUT2D eigenvalue weighted by Gasteiger charge is 2.53. The first-order valence-corrected chi connectivity index (χ1v) is 6.99. The van der Waals surface area contributed by atoms with Gasteiger partial charge in [-0.15, -0.1) is 0 Å². The number of hydrogen-bond donors (Lipinski definition) is 1. The monoisotopic (exact) mass is 224 g/mol. The van der Waals surface area contributed by atoms with Crippen LogP contribution in [0.25, 0.3) is 0 Å². The summed E-state index contributed by atoms with van der Waals surface area (Å²) < 4.78 is 0. The lowest BCUT2D eigenvalue weighted by molar-refractivity contribution is 0.0697. The minimum Gasteiger partial charge on any atom is -0.327 e. The third kappa shape index (κ3) is 2.14. The van der Waals surface area contributed by atoms with E-state index in [0.29, 0.717) is 23.5 Å². The molecule has 2 rings (SSSR count). The summed E-state index contributed by atoms with van der Waals surface area (Å²) in [6.07, 6.45) is 6.76. The first-order chi connectivity index (χ1) is 7.46. The van der Waals surface area contributed by atoms with Crippen LogP contribution in [0.2, 0.25) is 0 Å². The second-order valence-electron chi connectivity index (χ2n) is 6.54. The minimum absolute atomic E-state index is 0.528. The average molecular weight is 224 g/mol. The van der Waals surface area contributed by atoms with Crippen LogP contribution < -0.4 is 5.73 Å². The molecular weight excluding hydrogens is 196 g/mol. The predicted octanol–water partition coefficient (Wildman–Crippen LogP) is 2.77. The molecule has 0 aliphatic heterocycles. The Hall–Kier alpha value is -0.0800. The normalized spacial score (nSPS) is 39.0. The van der Waals surface area contributed by atoms with Crippen molar-refractivity contribution in [2.45, 2.75) is 84.0 Å². The smallest absolute Gasteiger partial charge is 0.0102 e. The van der Waals surface area contributed by atoms with Crippen LogP contribution in [0.5, 0.6) is 0 Å². The summed E-state index contributed by atoms with van der Waals surface area (Å²) in [5, 5.41) is 0. The fourth-order valence-electron chi connectivity index (χ4n) is 3.87. The van der Waals surface area contributed by atoms with E-state index in [0.717, 1.165) is 6.04 Å². The highest BCUT2D eigenvalue weighted by molar-refractivity contribution is 5.08. The Kier molecular flexibility index (Phi) is 3.33. The largest absolute Gasteiger partial charge is 0.327 e. The van der Waals surface area contributed by atoms with Gasteiger partial charge in [-0.25, -0.2) is 0 Å². The molecule has 0 amide bonds. The molecule has 2 aliphatic carbocycles. The molecule has 0 bridgehead atoms. The molecule has 1 atom stereocenters. The first kappa shape index (κ1) is 12.4. The zero-order chi connectivity index (χ0) is 11.9. The van der Waals surface area contributed by atoms with Gasteiger partial charge in [-0.2, -0.15) is 0 Å². The molecule has 2 nitrogen and oxygen atoms in total. The van der Waals surface area contributed by atoms with Gasteiger partial charge in [0, 0.05) is 24.2 Å². The van der Waals surface area contributed by atoms with Crippen molar-refractivity contribution < 1.29 is 0 Å². The van der Waals surface area contributed by atoms with Gasteiger partial charge in [0.15, 0.2) is 0 Å². The maximum atomic E-state index is 6.06. The maximum Gasteiger partial charge on any atom is 0.0102 e. The van der Waals surface area contributed by atoms with E-state index in [1.54, 1.807) is 0 Å². The van der Waals surface area contributed by atoms with Crippen LogP contribution in [0, 0.1) is 5.41 Å². The van der Waals surface area contributed by atoms with Gasteiger partial charge >= 0.3 is 0 Å². The number of nitrogens with zero attached hydrogens (tertiary/aromatic N) is 1. The molecule has 0 heterocycles. The van der Waals surface area contributed by atoms with Gasteiger partial charge in [-0.3, -0.25) is 4.90 Å². The van der Waals surface area contributed by atoms with E-state index in [2.05, 4.69) is 32.6 Å². The van der Waals surface area contributed by atoms with Crippen LogP contribution in [-0.2, 0) is 0 Å². The van der Waals surface area contributed by atoms with E-state index in [-0.39, 0.29) is 0 Å². The van der Waals surface area contributed by atoms with Gasteiger partial charge in [0.2, 0.25) is 0 Å². The van der Waals surface area contributed by atoms with Crippen LogP contribution in [-0.4, -0.2) is 29.1 Å². The lowest BCUT2D eigenvalue weighted by Crippen LogP contribution is -2.47. The van der Waals surface area contributed by atoms with Gasteiger partial charge in [-0.05, 0) is 65.2 Å². The molecule has 2 saturated carbocycles. The summed E-state index contributed by atoms with van der Waals surface area (Å²) >= 11 is 0. The fraction of sp³-hybridized carbons (Fsp3) is 1.00. The molecule has 1 spiro atoms. The van der Waals surface area contributed by atoms with Crippen molar-refractivity contribution in [3.05, 3.63) is 0 Å². The highest BCUT2D eigenvalue weighted by Crippen LogP contribution is 2.55. The SMILES string of the molecule is CC(C)N(C(C)C)C1CCC2(CC1)CC2N. The standard InChI is InChI=1S/C14H28N2/c1-10(2)16(11(3)4)12-5-7-14(8-6-12)9-13(14)15/h10-13H,5-9,15H2,1-4H3. The first-order valence-electron chi connectivity index (χ1n) is 6.99. The second-order valence-corrected chi connectivity index (χ2v) is 6.54. The van der Waals surface area contributed by atoms with Crippen LogP contribution in [0.3, 0.4) is 0 Å². The van der Waals surface area contributed by atoms with E-state index in [1.807, 2.05) is 0 Å². The Morgan fingerprint density at radius 3 is 1.81 bits per heavy atom. The molecule has 0 saturated heterocycles. The third-order valence-electron chi connectivity index (χ3n) is 4.82. The Bertz CT molecular complexity index is 231. The van der Waals surface area contributed by atoms with Gasteiger partial charge in [0.25, 0.3) is 0 Å². The third-order valence-corrected chi connectivity index (χ3v) is 4.82. The molecule has 2 N–H and O–H groups in total. The molecule has 1 unspecified atom stereocenters. The lowest BCUT2D eigenvalue weighted by Gasteiger charge is -2.42. The minimum atomic E-state index is 0.528. The van der Waals surface area contributed by atoms with Crippen LogP contribution >= 0.6 is 0 Å². The summed E-state index contributed by atoms with van der Waals surface area (Å²) in [5.41, 5.74) is 6.64. The van der Waals surface area contributed by atoms with E-state index >= 15 is 0 Å². The molecule has 2 aliphatic rings. The molecule has 2 heteroatoms. The number of rotatable bonds is 3. The van der Waals surface area contributed by atoms with Gasteiger partial charge in [-0.1, -0.05) is 0 Å². The summed E-state index contributed by atoms with van der Waals surface area (Å²) in [6, 6.07) is 2.68. The number of nitrogens with two attached hydrogens (primary N) is 1. The van der Waals surface area contributed by atoms with Crippen molar-refractivity contribution in [1.29, 1.82) is 0 Å². The molecule has 0 aromatic carbocycles. The molecule has 94 valence electrons. The molecule has 0 aromatic rings. The van der Waals surface area contributed by atoms with Crippen LogP contribution in [0.4, 0.5) is 0 Å². The molecule has 0 aromatic heterocycles. The molecule has 16 heavy (non-hydrogen) atoms. The summed E-state index contributed by atoms with van der Waals surface area (Å²) in [6.45, 7) is 9.31. The van der Waals surface area contributed by atoms with E-state index in [4.69, 9.17) is 5.73 Å². The quantitative estimate of drug-likeness (QED) is 0.798. The molecule has 2 fully saturated rings. The average Bonchev–Trinajstić information content (AvgIpc) is 2.79. The Morgan fingerprint density at radius 1 is 1.06 bits per heavy atom. The Balaban J connectivity index is 1.92. The summed E-state index contributed by atoms with van der Waals surface area (Å²) in [4.78, 5) is 2.70. The van der Waals surface area contributed by atoms with E-state index in [1.165, 1.54) is 32.1 Å². The van der Waals surface area contributed by atoms with E-state index < -0.39 is 0 Å². The topological polar surface area (TPSA) is 29.3 Å². The van der Waals surface area contributed by atoms with Crippen LogP contribution in [0.1, 0.15) is 59.8 Å². The highest BCUT2D eigenvalue weighted by atomic mass is 15.2. The zero-order valence-corrected chi connectivity index (χ0v) is 11.4. The lowest BCUT2D eigenvalue weighted by atomic mass is 9.81. The van der Waals surface area contributed by atoms with Crippen molar-refractivity contribution in [3.63, 3.8) is 0 Å². The van der Waals surface area contributed by atoms with Crippen molar-refractivity contribution in [3.8, 4) is 0 Å². The van der Waals surface area contributed by atoms with Crippen molar-refractivity contribution in [2.24, 2.45) is 11.1 Å². The van der Waals surface area contributed by atoms with Gasteiger partial charge in [0.1, 0.15) is 0 Å².